The van der Waals surface area contributed by atoms with E-state index < -0.39 is 13.0 Å². The molecule has 8 heteroatoms. The minimum Gasteiger partial charge on any atom is -0.493 e. The fraction of sp³-hybridized carbons (Fsp3) is 0.588. The number of alkyl halides is 2. The minimum absolute atomic E-state index is 0. The molecule has 0 amide bonds. The van der Waals surface area contributed by atoms with Crippen LogP contribution in [0, 0.1) is 6.92 Å². The molecule has 0 bridgehead atoms. The molecule has 1 rings (SSSR count). The fourth-order valence-electron chi connectivity index (χ4n) is 1.99. The third-order valence-corrected chi connectivity index (χ3v) is 3.15. The van der Waals surface area contributed by atoms with Gasteiger partial charge in [-0.3, -0.25) is 0 Å². The molecule has 1 aromatic rings. The first-order valence-corrected chi connectivity index (χ1v) is 8.08. The highest BCUT2D eigenvalue weighted by atomic mass is 127. The molecule has 0 aliphatic carbocycles. The van der Waals surface area contributed by atoms with Crippen molar-refractivity contribution in [2.24, 2.45) is 4.99 Å². The molecule has 25 heavy (non-hydrogen) atoms. The molecule has 0 spiro atoms. The molecule has 0 fully saturated rings. The van der Waals surface area contributed by atoms with Crippen LogP contribution < -0.4 is 15.4 Å². The van der Waals surface area contributed by atoms with Crippen molar-refractivity contribution >= 4 is 29.9 Å². The van der Waals surface area contributed by atoms with Crippen molar-refractivity contribution in [2.45, 2.75) is 33.2 Å². The van der Waals surface area contributed by atoms with Gasteiger partial charge in [-0.2, -0.15) is 0 Å². The summed E-state index contributed by atoms with van der Waals surface area (Å²) in [6.07, 6.45) is -1.63. The normalized spacial score (nSPS) is 11.2. The highest BCUT2D eigenvalue weighted by Crippen LogP contribution is 2.21. The van der Waals surface area contributed by atoms with E-state index in [9.17, 15) is 8.78 Å². The van der Waals surface area contributed by atoms with Gasteiger partial charge in [0.25, 0.3) is 6.43 Å². The van der Waals surface area contributed by atoms with Crippen molar-refractivity contribution in [3.05, 3.63) is 29.3 Å². The molecular weight excluding hydrogens is 443 g/mol. The van der Waals surface area contributed by atoms with E-state index in [0.717, 1.165) is 23.3 Å². The number of hydrogen-bond donors (Lipinski definition) is 2. The van der Waals surface area contributed by atoms with Gasteiger partial charge in [-0.1, -0.05) is 12.1 Å². The molecule has 0 saturated heterocycles. The first-order valence-electron chi connectivity index (χ1n) is 8.08. The molecule has 0 aromatic heterocycles. The topological polar surface area (TPSA) is 54.9 Å². The summed E-state index contributed by atoms with van der Waals surface area (Å²) in [4.78, 5) is 4.35. The lowest BCUT2D eigenvalue weighted by atomic mass is 10.1. The van der Waals surface area contributed by atoms with Crippen molar-refractivity contribution in [3.8, 4) is 5.75 Å². The highest BCUT2D eigenvalue weighted by molar-refractivity contribution is 14.0. The van der Waals surface area contributed by atoms with Gasteiger partial charge in [-0.05, 0) is 25.5 Å². The monoisotopic (exact) mass is 471 g/mol. The van der Waals surface area contributed by atoms with Crippen LogP contribution in [-0.2, 0) is 11.3 Å². The van der Waals surface area contributed by atoms with Crippen molar-refractivity contribution < 1.29 is 18.3 Å². The fourth-order valence-corrected chi connectivity index (χ4v) is 1.99. The molecule has 1 aromatic carbocycles. The number of aliphatic imine (C=N–C) groups is 1. The Morgan fingerprint density at radius 1 is 1.24 bits per heavy atom. The second-order valence-corrected chi connectivity index (χ2v) is 5.27. The average Bonchev–Trinajstić information content (AvgIpc) is 2.55. The van der Waals surface area contributed by atoms with E-state index in [1.54, 1.807) is 7.11 Å². The van der Waals surface area contributed by atoms with Gasteiger partial charge in [0.05, 0.1) is 19.7 Å². The molecule has 0 aliphatic heterocycles. The van der Waals surface area contributed by atoms with E-state index in [-0.39, 0.29) is 24.0 Å². The maximum absolute atomic E-state index is 12.3. The first kappa shape index (κ1) is 23.8. The lowest BCUT2D eigenvalue weighted by Gasteiger charge is -2.13. The Kier molecular flexibility index (Phi) is 13.4. The number of halogens is 3. The number of ether oxygens (including phenoxy) is 2. The van der Waals surface area contributed by atoms with Gasteiger partial charge >= 0.3 is 0 Å². The summed E-state index contributed by atoms with van der Waals surface area (Å²) in [6, 6.07) is 5.88. The number of nitrogens with one attached hydrogen (secondary N) is 2. The molecule has 144 valence electrons. The summed E-state index contributed by atoms with van der Waals surface area (Å²) in [5.74, 6) is 1.13. The minimum atomic E-state index is -2.42. The molecule has 0 saturated carbocycles. The Balaban J connectivity index is 0.00000576. The Hall–Kier alpha value is -1.16. The number of benzene rings is 1. The molecule has 0 heterocycles. The molecule has 2 N–H and O–H groups in total. The molecule has 0 radical (unpaired) electrons. The Morgan fingerprint density at radius 3 is 2.64 bits per heavy atom. The Morgan fingerprint density at radius 2 is 2.00 bits per heavy atom. The van der Waals surface area contributed by atoms with E-state index in [1.807, 2.05) is 32.0 Å². The predicted molar refractivity (Wildman–Crippen MR) is 107 cm³/mol. The summed E-state index contributed by atoms with van der Waals surface area (Å²) in [5, 5.41) is 5.56. The van der Waals surface area contributed by atoms with Crippen LogP contribution >= 0.6 is 24.0 Å². The number of guanidine groups is 1. The van der Waals surface area contributed by atoms with Crippen LogP contribution in [-0.4, -0.2) is 45.8 Å². The quantitative estimate of drug-likeness (QED) is 0.238. The number of methoxy groups -OCH3 is 1. The van der Waals surface area contributed by atoms with Crippen LogP contribution in [0.5, 0.6) is 5.75 Å². The van der Waals surface area contributed by atoms with Gasteiger partial charge in [-0.15, -0.1) is 24.0 Å². The van der Waals surface area contributed by atoms with E-state index in [4.69, 9.17) is 9.47 Å². The highest BCUT2D eigenvalue weighted by Gasteiger charge is 2.07. The lowest BCUT2D eigenvalue weighted by molar-refractivity contribution is 0.152. The lowest BCUT2D eigenvalue weighted by Crippen LogP contribution is -2.39. The summed E-state index contributed by atoms with van der Waals surface area (Å²) in [6.45, 7) is 5.58. The number of rotatable bonds is 10. The van der Waals surface area contributed by atoms with Crippen LogP contribution in [0.25, 0.3) is 0 Å². The van der Waals surface area contributed by atoms with Crippen molar-refractivity contribution in [2.75, 3.05) is 33.4 Å². The summed E-state index contributed by atoms with van der Waals surface area (Å²) < 4.78 is 35.5. The molecule has 0 unspecified atom stereocenters. The average molecular weight is 471 g/mol. The SMILES string of the molecule is CCNC(=NCc1ccc(C)cc1OCCCOC)NCC(F)F.I. The van der Waals surface area contributed by atoms with Gasteiger partial charge in [-0.25, -0.2) is 13.8 Å². The van der Waals surface area contributed by atoms with Crippen LogP contribution in [0.15, 0.2) is 23.2 Å². The third-order valence-electron chi connectivity index (χ3n) is 3.15. The van der Waals surface area contributed by atoms with Crippen LogP contribution in [0.3, 0.4) is 0 Å². The zero-order valence-electron chi connectivity index (χ0n) is 15.0. The third kappa shape index (κ3) is 10.4. The van der Waals surface area contributed by atoms with Gasteiger partial charge in [0.1, 0.15) is 5.75 Å². The zero-order valence-corrected chi connectivity index (χ0v) is 17.3. The molecule has 5 nitrogen and oxygen atoms in total. The van der Waals surface area contributed by atoms with E-state index in [2.05, 4.69) is 15.6 Å². The van der Waals surface area contributed by atoms with E-state index in [0.29, 0.717) is 32.3 Å². The molecule has 0 aliphatic rings. The molecule has 0 atom stereocenters. The van der Waals surface area contributed by atoms with Gasteiger partial charge in [0, 0.05) is 32.2 Å². The number of hydrogen-bond acceptors (Lipinski definition) is 3. The second kappa shape index (κ2) is 14.1. The van der Waals surface area contributed by atoms with Crippen LogP contribution in [0.1, 0.15) is 24.5 Å². The standard InChI is InChI=1S/C17H27F2N3O2.HI/c1-4-20-17(22-12-16(18)19)21-11-14-7-6-13(2)10-15(14)24-9-5-8-23-3;/h6-7,10,16H,4-5,8-9,11-12H2,1-3H3,(H2,20,21,22);1H. The summed E-state index contributed by atoms with van der Waals surface area (Å²) in [7, 11) is 1.65. The number of nitrogens with zero attached hydrogens (tertiary/aromatic N) is 1. The largest absolute Gasteiger partial charge is 0.493 e. The van der Waals surface area contributed by atoms with E-state index >= 15 is 0 Å². The Bertz CT molecular complexity index is 517. The van der Waals surface area contributed by atoms with Crippen LogP contribution in [0.2, 0.25) is 0 Å². The summed E-state index contributed by atoms with van der Waals surface area (Å²) >= 11 is 0. The van der Waals surface area contributed by atoms with Crippen molar-refractivity contribution in [1.82, 2.24) is 10.6 Å². The van der Waals surface area contributed by atoms with E-state index in [1.165, 1.54) is 0 Å². The Labute approximate surface area is 165 Å². The number of aryl methyl sites for hydroxylation is 1. The second-order valence-electron chi connectivity index (χ2n) is 5.27. The smallest absolute Gasteiger partial charge is 0.255 e. The predicted octanol–water partition coefficient (Wildman–Crippen LogP) is 3.35. The van der Waals surface area contributed by atoms with Gasteiger partial charge in [0.2, 0.25) is 0 Å². The van der Waals surface area contributed by atoms with Gasteiger partial charge < -0.3 is 20.1 Å². The first-order chi connectivity index (χ1) is 11.6. The maximum atomic E-state index is 12.3. The van der Waals surface area contributed by atoms with Gasteiger partial charge in [0.15, 0.2) is 5.96 Å². The zero-order chi connectivity index (χ0) is 17.8. The molecular formula is C17H28F2IN3O2. The van der Waals surface area contributed by atoms with Crippen molar-refractivity contribution in [3.63, 3.8) is 0 Å². The summed E-state index contributed by atoms with van der Waals surface area (Å²) in [5.41, 5.74) is 2.00. The van der Waals surface area contributed by atoms with Crippen LogP contribution in [0.4, 0.5) is 8.78 Å². The maximum Gasteiger partial charge on any atom is 0.255 e. The van der Waals surface area contributed by atoms with Crippen molar-refractivity contribution in [1.29, 1.82) is 0 Å².